The number of fused-ring (bicyclic) bond motifs is 11. The Kier molecular flexibility index (Phi) is 12.6. The summed E-state index contributed by atoms with van der Waals surface area (Å²) in [5, 5.41) is 7.64. The van der Waals surface area contributed by atoms with Crippen molar-refractivity contribution in [3.8, 4) is 50.4 Å². The molecule has 6 heteroatoms. The number of para-hydroxylation sites is 1. The van der Waals surface area contributed by atoms with Crippen LogP contribution in [0.1, 0.15) is 191 Å². The molecule has 0 fully saturated rings. The molecule has 13 rings (SSSR count). The van der Waals surface area contributed by atoms with Gasteiger partial charge in [0.25, 0.3) is 0 Å². The Hall–Kier alpha value is -7.96. The van der Waals surface area contributed by atoms with Crippen LogP contribution in [0.3, 0.4) is 0 Å². The molecule has 82 heavy (non-hydrogen) atoms. The topological polar surface area (TPSA) is 45.0 Å². The lowest BCUT2D eigenvalue weighted by molar-refractivity contribution is 0.276. The van der Waals surface area contributed by atoms with E-state index in [0.717, 1.165) is 55.9 Å². The van der Waals surface area contributed by atoms with Gasteiger partial charge in [-0.2, -0.15) is 5.10 Å². The fourth-order valence-electron chi connectivity index (χ4n) is 13.9. The van der Waals surface area contributed by atoms with E-state index in [9.17, 15) is 0 Å². The molecule has 0 atom stereocenters. The molecule has 12 aromatic rings. The van der Waals surface area contributed by atoms with E-state index in [0.29, 0.717) is 35.5 Å². The zero-order chi connectivity index (χ0) is 57.6. The average molecular weight is 1080 g/mol. The van der Waals surface area contributed by atoms with E-state index in [1.54, 1.807) is 0 Å². The quantitative estimate of drug-likeness (QED) is 0.130. The number of hydrogen-bond acceptors (Lipinski definition) is 2. The third-order valence-corrected chi connectivity index (χ3v) is 19.2. The smallest absolute Gasteiger partial charge is 0.220 e. The van der Waals surface area contributed by atoms with Crippen LogP contribution in [0, 0.1) is 0 Å². The second-order valence-electron chi connectivity index (χ2n) is 26.8. The van der Waals surface area contributed by atoms with Gasteiger partial charge in [0, 0.05) is 32.9 Å². The molecule has 0 bridgehead atoms. The summed E-state index contributed by atoms with van der Waals surface area (Å²) in [4.78, 5) is 5.67. The molecular formula is C76H80N6. The zero-order valence-corrected chi connectivity index (χ0v) is 51.2. The van der Waals surface area contributed by atoms with Gasteiger partial charge >= 0.3 is 0 Å². The average Bonchev–Trinajstić information content (AvgIpc) is 1.86. The Balaban J connectivity index is 1.08. The number of aromatic nitrogens is 6. The first-order valence-electron chi connectivity index (χ1n) is 30.3. The van der Waals surface area contributed by atoms with Gasteiger partial charge in [-0.1, -0.05) is 208 Å². The van der Waals surface area contributed by atoms with Crippen LogP contribution in [-0.4, -0.2) is 28.3 Å². The predicted molar refractivity (Wildman–Crippen MR) is 348 cm³/mol. The molecule has 4 aromatic heterocycles. The Morgan fingerprint density at radius 3 is 1.54 bits per heavy atom. The summed E-state index contributed by atoms with van der Waals surface area (Å²) in [6.07, 6.45) is 2.08. The number of nitrogens with zero attached hydrogens (tertiary/aromatic N) is 6. The van der Waals surface area contributed by atoms with Crippen LogP contribution in [0.4, 0.5) is 0 Å². The monoisotopic (exact) mass is 1080 g/mol. The van der Waals surface area contributed by atoms with Gasteiger partial charge in [0.2, 0.25) is 5.78 Å². The molecular weight excluding hydrogens is 997 g/mol. The van der Waals surface area contributed by atoms with Gasteiger partial charge in [0.1, 0.15) is 0 Å². The minimum Gasteiger partial charge on any atom is -0.309 e. The molecule has 0 saturated heterocycles. The molecule has 414 valence electrons. The molecule has 0 unspecified atom stereocenters. The van der Waals surface area contributed by atoms with Crippen molar-refractivity contribution in [2.45, 2.75) is 157 Å². The van der Waals surface area contributed by atoms with Crippen molar-refractivity contribution < 1.29 is 0 Å². The lowest BCUT2D eigenvalue weighted by Gasteiger charge is -2.47. The maximum absolute atomic E-state index is 5.67. The van der Waals surface area contributed by atoms with Gasteiger partial charge in [0.05, 0.1) is 56.4 Å². The Bertz CT molecular complexity index is 4460. The first-order valence-corrected chi connectivity index (χ1v) is 30.3. The van der Waals surface area contributed by atoms with E-state index in [2.05, 4.69) is 287 Å². The summed E-state index contributed by atoms with van der Waals surface area (Å²) < 4.78 is 9.60. The summed E-state index contributed by atoms with van der Waals surface area (Å²) >= 11 is 0. The summed E-state index contributed by atoms with van der Waals surface area (Å²) in [7, 11) is 0. The van der Waals surface area contributed by atoms with Gasteiger partial charge in [0.15, 0.2) is 0 Å². The minimum absolute atomic E-state index is 0.195. The van der Waals surface area contributed by atoms with Gasteiger partial charge in [-0.05, 0) is 157 Å². The standard InChI is InChI=1S/C76H80N6/c1-43(2)52-34-58(45(5)6)71(59(35-52)46(7)8)50-26-32-64-69(38-50)81-70-39-51(72-60(47(9)10)36-53(44(3)4)37-61(72)48(11)12)27-33-66(70)80(74(81)78-64)55-28-30-57-56-24-20-21-25-65(56)79(67(57)40-55)54-29-31-63-68(41-54)82-73(76(15,16)75(63,13)14)62(42-77-82)49-22-18-17-19-23-49/h17-48H,1-16H3. The van der Waals surface area contributed by atoms with Crippen LogP contribution in [0.15, 0.2) is 158 Å². The van der Waals surface area contributed by atoms with Gasteiger partial charge in [-0.3, -0.25) is 8.97 Å². The molecule has 0 aliphatic carbocycles. The molecule has 0 amide bonds. The molecule has 0 N–H and O–H groups in total. The fourth-order valence-corrected chi connectivity index (χ4v) is 13.9. The fraction of sp³-hybridized carbons (Fsp3) is 0.316. The van der Waals surface area contributed by atoms with Gasteiger partial charge < -0.3 is 4.57 Å². The normalized spacial score (nSPS) is 14.2. The highest BCUT2D eigenvalue weighted by molar-refractivity contribution is 6.10. The van der Waals surface area contributed by atoms with Crippen molar-refractivity contribution in [3.63, 3.8) is 0 Å². The van der Waals surface area contributed by atoms with Crippen LogP contribution in [0.2, 0.25) is 0 Å². The highest BCUT2D eigenvalue weighted by Crippen LogP contribution is 2.53. The van der Waals surface area contributed by atoms with E-state index in [1.807, 2.05) is 0 Å². The van der Waals surface area contributed by atoms with E-state index in [1.165, 1.54) is 88.8 Å². The third kappa shape index (κ3) is 8.01. The van der Waals surface area contributed by atoms with Gasteiger partial charge in [-0.25, -0.2) is 9.67 Å². The molecule has 1 aliphatic heterocycles. The number of hydrogen-bond donors (Lipinski definition) is 0. The van der Waals surface area contributed by atoms with E-state index in [-0.39, 0.29) is 10.8 Å². The van der Waals surface area contributed by atoms with E-state index < -0.39 is 0 Å². The lowest BCUT2D eigenvalue weighted by atomic mass is 9.59. The van der Waals surface area contributed by atoms with E-state index in [4.69, 9.17) is 10.1 Å². The lowest BCUT2D eigenvalue weighted by Crippen LogP contribution is -2.46. The summed E-state index contributed by atoms with van der Waals surface area (Å²) in [6, 6.07) is 58.0. The highest BCUT2D eigenvalue weighted by Gasteiger charge is 2.48. The Morgan fingerprint density at radius 1 is 0.402 bits per heavy atom. The molecule has 0 radical (unpaired) electrons. The van der Waals surface area contributed by atoms with Crippen molar-refractivity contribution in [2.24, 2.45) is 0 Å². The SMILES string of the molecule is CC(C)c1cc(C(C)C)c(-c2ccc3nc4n(-c5ccc6c7ccccc7n(-c7ccc8c(c7)-n7ncc(-c9ccccc9)c7C(C)(C)C8(C)C)c6c5)c5ccc(-c6c(C(C)C)cc(C(C)C)cc6C(C)C)cc5n4c3c2)c(C(C)C)c1. The van der Waals surface area contributed by atoms with Crippen LogP contribution in [0.5, 0.6) is 0 Å². The van der Waals surface area contributed by atoms with Crippen molar-refractivity contribution in [3.05, 3.63) is 202 Å². The first-order chi connectivity index (χ1) is 39.2. The van der Waals surface area contributed by atoms with Crippen LogP contribution >= 0.6 is 0 Å². The van der Waals surface area contributed by atoms with Crippen molar-refractivity contribution in [1.29, 1.82) is 0 Å². The molecule has 5 heterocycles. The van der Waals surface area contributed by atoms with Crippen molar-refractivity contribution in [2.75, 3.05) is 0 Å². The maximum Gasteiger partial charge on any atom is 0.220 e. The number of benzene rings is 8. The van der Waals surface area contributed by atoms with Crippen LogP contribution in [-0.2, 0) is 10.8 Å². The maximum atomic E-state index is 5.67. The minimum atomic E-state index is -0.214. The molecule has 0 spiro atoms. The van der Waals surface area contributed by atoms with Gasteiger partial charge in [-0.15, -0.1) is 0 Å². The predicted octanol–water partition coefficient (Wildman–Crippen LogP) is 21.0. The highest BCUT2D eigenvalue weighted by atomic mass is 15.3. The molecule has 6 nitrogen and oxygen atoms in total. The second kappa shape index (κ2) is 19.3. The third-order valence-electron chi connectivity index (χ3n) is 19.2. The van der Waals surface area contributed by atoms with Crippen LogP contribution < -0.4 is 0 Å². The zero-order valence-electron chi connectivity index (χ0n) is 51.2. The summed E-state index contributed by atoms with van der Waals surface area (Å²) in [5.74, 6) is 3.16. The molecule has 0 saturated carbocycles. The first kappa shape index (κ1) is 53.4. The summed E-state index contributed by atoms with van der Waals surface area (Å²) in [6.45, 7) is 37.7. The van der Waals surface area contributed by atoms with E-state index >= 15 is 0 Å². The number of imidazole rings is 2. The Morgan fingerprint density at radius 2 is 0.939 bits per heavy atom. The molecule has 1 aliphatic rings. The van der Waals surface area contributed by atoms with Crippen molar-refractivity contribution in [1.82, 2.24) is 28.3 Å². The number of rotatable bonds is 11. The summed E-state index contributed by atoms with van der Waals surface area (Å²) in [5.41, 5.74) is 28.0. The van der Waals surface area contributed by atoms with Crippen LogP contribution in [0.25, 0.3) is 100 Å². The largest absolute Gasteiger partial charge is 0.309 e. The molecule has 8 aromatic carbocycles. The van der Waals surface area contributed by atoms with Crippen molar-refractivity contribution >= 4 is 49.7 Å². The Labute approximate surface area is 485 Å². The second-order valence-corrected chi connectivity index (χ2v) is 26.8.